The first-order valence-corrected chi connectivity index (χ1v) is 15.5. The molecule has 6 N–H and O–H groups in total. The maximum absolute atomic E-state index is 10.3. The Morgan fingerprint density at radius 3 is 2.40 bits per heavy atom. The highest BCUT2D eigenvalue weighted by Crippen LogP contribution is 2.37. The van der Waals surface area contributed by atoms with Gasteiger partial charge in [-0.2, -0.15) is 0 Å². The Balaban J connectivity index is 1.31. The zero-order valence-corrected chi connectivity index (χ0v) is 26.5. The third kappa shape index (κ3) is 8.67. The molecule has 1 aliphatic heterocycles. The van der Waals surface area contributed by atoms with Crippen LogP contribution in [0.15, 0.2) is 67.1 Å². The summed E-state index contributed by atoms with van der Waals surface area (Å²) in [7, 11) is 0. The van der Waals surface area contributed by atoms with Gasteiger partial charge in [0.1, 0.15) is 56.2 Å². The largest absolute Gasteiger partial charge is 0.487 e. The zero-order valence-electron chi connectivity index (χ0n) is 25.8. The third-order valence-electron chi connectivity index (χ3n) is 7.78. The van der Waals surface area contributed by atoms with Crippen LogP contribution in [0.4, 0.5) is 0 Å². The molecule has 250 valence electrons. The van der Waals surface area contributed by atoms with Gasteiger partial charge < -0.3 is 49.8 Å². The van der Waals surface area contributed by atoms with Crippen LogP contribution in [-0.2, 0) is 19.8 Å². The molecule has 47 heavy (non-hydrogen) atoms. The maximum Gasteiger partial charge on any atom is 0.161 e. The minimum Gasteiger partial charge on any atom is -0.487 e. The summed E-state index contributed by atoms with van der Waals surface area (Å²) in [6, 6.07) is 15.3. The van der Waals surface area contributed by atoms with Crippen LogP contribution >= 0.6 is 11.6 Å². The summed E-state index contributed by atoms with van der Waals surface area (Å²) in [5.41, 5.74) is 5.26. The first kappa shape index (κ1) is 34.3. The van der Waals surface area contributed by atoms with Crippen molar-refractivity contribution in [2.24, 2.45) is 0 Å². The molecule has 1 aliphatic rings. The molecule has 5 rings (SSSR count). The lowest BCUT2D eigenvalue weighted by atomic mass is 9.96. The number of aliphatic hydroxyl groups excluding tert-OH is 5. The molecule has 0 bridgehead atoms. The molecule has 0 amide bonds. The van der Waals surface area contributed by atoms with E-state index >= 15 is 0 Å². The molecule has 0 aliphatic carbocycles. The molecule has 0 saturated heterocycles. The van der Waals surface area contributed by atoms with Gasteiger partial charge in [-0.05, 0) is 47.4 Å². The molecule has 2 heterocycles. The van der Waals surface area contributed by atoms with Gasteiger partial charge in [0.25, 0.3) is 0 Å². The molecule has 1 aromatic heterocycles. The minimum absolute atomic E-state index is 0.116. The number of benzene rings is 3. The normalized spacial score (nSPS) is 15.0. The average molecular weight is 668 g/mol. The summed E-state index contributed by atoms with van der Waals surface area (Å²) < 4.78 is 23.7. The average Bonchev–Trinajstić information content (AvgIpc) is 3.10. The van der Waals surface area contributed by atoms with Crippen LogP contribution in [0.25, 0.3) is 11.1 Å². The Morgan fingerprint density at radius 2 is 1.64 bits per heavy atom. The number of halogens is 1. The molecule has 3 aromatic carbocycles. The lowest BCUT2D eigenvalue weighted by Crippen LogP contribution is -2.48. The lowest BCUT2D eigenvalue weighted by Gasteiger charge is -2.26. The van der Waals surface area contributed by atoms with Crippen molar-refractivity contribution in [3.8, 4) is 34.1 Å². The summed E-state index contributed by atoms with van der Waals surface area (Å²) in [5.74, 6) is 2.28. The zero-order chi connectivity index (χ0) is 33.3. The van der Waals surface area contributed by atoms with Crippen LogP contribution in [-0.4, -0.2) is 86.3 Å². The highest BCUT2D eigenvalue weighted by molar-refractivity contribution is 6.32. The molecule has 0 saturated carbocycles. The van der Waals surface area contributed by atoms with E-state index in [-0.39, 0.29) is 26.3 Å². The van der Waals surface area contributed by atoms with Crippen molar-refractivity contribution in [1.29, 1.82) is 0 Å². The second-order valence-electron chi connectivity index (χ2n) is 11.0. The standard InChI is InChI=1S/C34H38ClN3O9/c1-20-22(3-2-4-25(20)21-5-6-29-32(12-21)45-10-9-44-29)18-46-31-13-30(47-19-24-15-36-7-8-38-24)23(11-26(31)35)14-37-16-27(40)33(42)34(43)28(41)17-39/h2-8,11-13,15,27-28,33-34,37,39-43H,9-10,14,16-19H2,1H3/t27-,28+,33+,34+/m0/s1. The van der Waals surface area contributed by atoms with E-state index in [0.29, 0.717) is 46.7 Å². The van der Waals surface area contributed by atoms with Crippen molar-refractivity contribution >= 4 is 11.6 Å². The van der Waals surface area contributed by atoms with E-state index in [1.54, 1.807) is 30.7 Å². The molecule has 12 nitrogen and oxygen atoms in total. The van der Waals surface area contributed by atoms with Gasteiger partial charge in [0.2, 0.25) is 0 Å². The van der Waals surface area contributed by atoms with E-state index in [4.69, 9.17) is 35.7 Å². The Kier molecular flexibility index (Phi) is 11.8. The van der Waals surface area contributed by atoms with Crippen LogP contribution < -0.4 is 24.3 Å². The monoisotopic (exact) mass is 667 g/mol. The van der Waals surface area contributed by atoms with E-state index in [0.717, 1.165) is 28.0 Å². The van der Waals surface area contributed by atoms with E-state index < -0.39 is 31.0 Å². The number of rotatable bonds is 15. The SMILES string of the molecule is Cc1c(COc2cc(OCc3cnccn3)c(CNC[C@H](O)[C@@H](O)[C@H](O)[C@H](O)CO)cc2Cl)cccc1-c1ccc2c(c1)OCCO2. The Morgan fingerprint density at radius 1 is 0.872 bits per heavy atom. The number of aliphatic hydroxyl groups is 5. The number of hydrogen-bond acceptors (Lipinski definition) is 12. The predicted octanol–water partition coefficient (Wildman–Crippen LogP) is 2.56. The number of fused-ring (bicyclic) bond motifs is 1. The first-order chi connectivity index (χ1) is 22.7. The highest BCUT2D eigenvalue weighted by Gasteiger charge is 2.29. The molecule has 0 spiro atoms. The van der Waals surface area contributed by atoms with E-state index in [2.05, 4.69) is 15.3 Å². The number of ether oxygens (including phenoxy) is 4. The van der Waals surface area contributed by atoms with Gasteiger partial charge in [-0.15, -0.1) is 0 Å². The number of nitrogens with zero attached hydrogens (tertiary/aromatic N) is 2. The lowest BCUT2D eigenvalue weighted by molar-refractivity contribution is -0.114. The Bertz CT molecular complexity index is 1630. The van der Waals surface area contributed by atoms with Crippen molar-refractivity contribution < 1.29 is 44.5 Å². The van der Waals surface area contributed by atoms with Gasteiger partial charge in [-0.3, -0.25) is 9.97 Å². The first-order valence-electron chi connectivity index (χ1n) is 15.1. The van der Waals surface area contributed by atoms with Gasteiger partial charge >= 0.3 is 0 Å². The molecule has 0 radical (unpaired) electrons. The van der Waals surface area contributed by atoms with Gasteiger partial charge in [0.05, 0.1) is 29.6 Å². The van der Waals surface area contributed by atoms with Crippen LogP contribution in [0.3, 0.4) is 0 Å². The summed E-state index contributed by atoms with van der Waals surface area (Å²) >= 11 is 6.67. The number of aromatic nitrogens is 2. The second-order valence-corrected chi connectivity index (χ2v) is 11.4. The van der Waals surface area contributed by atoms with Crippen LogP contribution in [0.2, 0.25) is 5.02 Å². The van der Waals surface area contributed by atoms with Crippen molar-refractivity contribution in [2.45, 2.75) is 51.1 Å². The van der Waals surface area contributed by atoms with Gasteiger partial charge in [0, 0.05) is 37.1 Å². The quantitative estimate of drug-likeness (QED) is 0.109. The van der Waals surface area contributed by atoms with Crippen molar-refractivity contribution in [3.63, 3.8) is 0 Å². The molecule has 0 unspecified atom stereocenters. The van der Waals surface area contributed by atoms with Gasteiger partial charge in [0.15, 0.2) is 11.5 Å². The second kappa shape index (κ2) is 16.2. The van der Waals surface area contributed by atoms with Crippen molar-refractivity contribution in [2.75, 3.05) is 26.4 Å². The van der Waals surface area contributed by atoms with E-state index in [9.17, 15) is 20.4 Å². The molecular weight excluding hydrogens is 630 g/mol. The van der Waals surface area contributed by atoms with E-state index in [1.807, 2.05) is 43.3 Å². The molecule has 0 fully saturated rings. The van der Waals surface area contributed by atoms with Crippen molar-refractivity contribution in [3.05, 3.63) is 94.5 Å². The van der Waals surface area contributed by atoms with Gasteiger partial charge in [-0.25, -0.2) is 0 Å². The van der Waals surface area contributed by atoms with Crippen LogP contribution in [0.5, 0.6) is 23.0 Å². The molecular formula is C34H38ClN3O9. The fourth-order valence-corrected chi connectivity index (χ4v) is 5.31. The van der Waals surface area contributed by atoms with Crippen molar-refractivity contribution in [1.82, 2.24) is 15.3 Å². The fraction of sp³-hybridized carbons (Fsp3) is 0.353. The third-order valence-corrected chi connectivity index (χ3v) is 8.08. The smallest absolute Gasteiger partial charge is 0.161 e. The van der Waals surface area contributed by atoms with Crippen LogP contribution in [0, 0.1) is 6.92 Å². The fourth-order valence-electron chi connectivity index (χ4n) is 5.07. The Labute approximate surface area is 277 Å². The maximum atomic E-state index is 10.3. The summed E-state index contributed by atoms with van der Waals surface area (Å²) in [4.78, 5) is 8.32. The summed E-state index contributed by atoms with van der Waals surface area (Å²) in [6.45, 7) is 2.68. The summed E-state index contributed by atoms with van der Waals surface area (Å²) in [6.07, 6.45) is -1.72. The number of hydrogen-bond donors (Lipinski definition) is 6. The van der Waals surface area contributed by atoms with E-state index in [1.165, 1.54) is 0 Å². The minimum atomic E-state index is -1.72. The number of nitrogens with one attached hydrogen (secondary N) is 1. The molecule has 4 aromatic rings. The van der Waals surface area contributed by atoms with Crippen LogP contribution in [0.1, 0.15) is 22.4 Å². The predicted molar refractivity (Wildman–Crippen MR) is 173 cm³/mol. The molecule has 4 atom stereocenters. The Hall–Kier alpha value is -4.01. The topological polar surface area (TPSA) is 176 Å². The van der Waals surface area contributed by atoms with Gasteiger partial charge in [-0.1, -0.05) is 35.9 Å². The molecule has 13 heteroatoms. The summed E-state index contributed by atoms with van der Waals surface area (Å²) in [5, 5.41) is 52.3. The highest BCUT2D eigenvalue weighted by atomic mass is 35.5.